The van der Waals surface area contributed by atoms with Gasteiger partial charge >= 0.3 is 0 Å². The molecule has 0 bridgehead atoms. The fraction of sp³-hybridized carbons (Fsp3) is 0.467. The van der Waals surface area contributed by atoms with Gasteiger partial charge in [-0.25, -0.2) is 0 Å². The number of non-ortho nitro benzene ring substituents is 1. The van der Waals surface area contributed by atoms with Crippen molar-refractivity contribution in [3.63, 3.8) is 0 Å². The Balaban J connectivity index is 2.03. The van der Waals surface area contributed by atoms with E-state index in [0.717, 1.165) is 24.8 Å². The van der Waals surface area contributed by atoms with Crippen molar-refractivity contribution in [3.05, 3.63) is 33.9 Å². The largest absolute Gasteiger partial charge is 0.333 e. The Labute approximate surface area is 128 Å². The van der Waals surface area contributed by atoms with Gasteiger partial charge in [-0.1, -0.05) is 12.5 Å². The zero-order chi connectivity index (χ0) is 16.1. The molecule has 0 saturated carbocycles. The van der Waals surface area contributed by atoms with E-state index in [9.17, 15) is 19.7 Å². The molecule has 7 nitrogen and oxygen atoms in total. The predicted molar refractivity (Wildman–Crippen MR) is 81.5 cm³/mol. The van der Waals surface area contributed by atoms with Gasteiger partial charge in [-0.3, -0.25) is 19.7 Å². The SMILES string of the molecule is Cc1ccc([N+](=O)[O-])cc1NC(=O)CN1CCCCCC1=O. The lowest BCUT2D eigenvalue weighted by Gasteiger charge is -2.20. The van der Waals surface area contributed by atoms with E-state index in [1.807, 2.05) is 0 Å². The van der Waals surface area contributed by atoms with Gasteiger partial charge in [0, 0.05) is 25.1 Å². The van der Waals surface area contributed by atoms with Crippen molar-refractivity contribution in [2.45, 2.75) is 32.6 Å². The molecule has 0 radical (unpaired) electrons. The van der Waals surface area contributed by atoms with Crippen molar-refractivity contribution < 1.29 is 14.5 Å². The second-order valence-corrected chi connectivity index (χ2v) is 5.43. The summed E-state index contributed by atoms with van der Waals surface area (Å²) in [6.07, 6.45) is 3.23. The fourth-order valence-corrected chi connectivity index (χ4v) is 2.43. The molecule has 118 valence electrons. The lowest BCUT2D eigenvalue weighted by molar-refractivity contribution is -0.384. The molecule has 0 unspecified atom stereocenters. The summed E-state index contributed by atoms with van der Waals surface area (Å²) >= 11 is 0. The molecule has 1 aliphatic heterocycles. The molecule has 1 heterocycles. The van der Waals surface area contributed by atoms with Crippen molar-refractivity contribution in [1.29, 1.82) is 0 Å². The lowest BCUT2D eigenvalue weighted by Crippen LogP contribution is -2.37. The van der Waals surface area contributed by atoms with Crippen molar-refractivity contribution in [2.24, 2.45) is 0 Å². The number of anilines is 1. The number of hydrogen-bond donors (Lipinski definition) is 1. The summed E-state index contributed by atoms with van der Waals surface area (Å²) in [5, 5.41) is 13.4. The number of nitrogens with one attached hydrogen (secondary N) is 1. The molecule has 2 rings (SSSR count). The molecular formula is C15H19N3O4. The third kappa shape index (κ3) is 4.03. The minimum atomic E-state index is -0.507. The molecular weight excluding hydrogens is 286 g/mol. The Bertz CT molecular complexity index is 600. The van der Waals surface area contributed by atoms with Crippen molar-refractivity contribution >= 4 is 23.2 Å². The minimum absolute atomic E-state index is 0.0107. The quantitative estimate of drug-likeness (QED) is 0.682. The number of carbonyl (C=O) groups excluding carboxylic acids is 2. The van der Waals surface area contributed by atoms with Gasteiger partial charge in [0.05, 0.1) is 17.2 Å². The van der Waals surface area contributed by atoms with Crippen LogP contribution in [-0.4, -0.2) is 34.7 Å². The molecule has 7 heteroatoms. The Morgan fingerprint density at radius 2 is 2.14 bits per heavy atom. The van der Waals surface area contributed by atoms with Crippen LogP contribution in [-0.2, 0) is 9.59 Å². The minimum Gasteiger partial charge on any atom is -0.333 e. The molecule has 0 aromatic heterocycles. The van der Waals surface area contributed by atoms with E-state index in [2.05, 4.69) is 5.32 Å². The standard InChI is InChI=1S/C15H19N3O4/c1-11-6-7-12(18(21)22)9-13(11)16-14(19)10-17-8-4-2-3-5-15(17)20/h6-7,9H,2-5,8,10H2,1H3,(H,16,19). The average molecular weight is 305 g/mol. The summed E-state index contributed by atoms with van der Waals surface area (Å²) in [5.41, 5.74) is 1.06. The Morgan fingerprint density at radius 1 is 1.36 bits per heavy atom. The number of carbonyl (C=O) groups is 2. The van der Waals surface area contributed by atoms with Gasteiger partial charge in [-0.05, 0) is 25.3 Å². The van der Waals surface area contributed by atoms with Crippen LogP contribution < -0.4 is 5.32 Å². The van der Waals surface area contributed by atoms with Crippen LogP contribution in [0.1, 0.15) is 31.2 Å². The molecule has 1 aliphatic rings. The number of rotatable bonds is 4. The number of aryl methyl sites for hydroxylation is 1. The van der Waals surface area contributed by atoms with E-state index >= 15 is 0 Å². The molecule has 1 saturated heterocycles. The molecule has 1 N–H and O–H groups in total. The first-order valence-corrected chi connectivity index (χ1v) is 7.30. The van der Waals surface area contributed by atoms with Crippen LogP contribution in [0.5, 0.6) is 0 Å². The van der Waals surface area contributed by atoms with E-state index in [0.29, 0.717) is 18.7 Å². The Morgan fingerprint density at radius 3 is 2.86 bits per heavy atom. The maximum absolute atomic E-state index is 12.1. The summed E-state index contributed by atoms with van der Waals surface area (Å²) in [7, 11) is 0. The number of benzene rings is 1. The number of amides is 2. The lowest BCUT2D eigenvalue weighted by atomic mass is 10.2. The molecule has 1 fully saturated rings. The van der Waals surface area contributed by atoms with Gasteiger partial charge < -0.3 is 10.2 Å². The number of likely N-dealkylation sites (tertiary alicyclic amines) is 1. The summed E-state index contributed by atoms with van der Waals surface area (Å²) in [4.78, 5) is 35.8. The van der Waals surface area contributed by atoms with Crippen LogP contribution in [0.25, 0.3) is 0 Å². The predicted octanol–water partition coefficient (Wildman–Crippen LogP) is 2.24. The normalized spacial score (nSPS) is 15.3. The van der Waals surface area contributed by atoms with Gasteiger partial charge in [0.15, 0.2) is 0 Å². The topological polar surface area (TPSA) is 92.6 Å². The van der Waals surface area contributed by atoms with E-state index < -0.39 is 4.92 Å². The van der Waals surface area contributed by atoms with Crippen LogP contribution >= 0.6 is 0 Å². The third-order valence-corrected chi connectivity index (χ3v) is 3.71. The van der Waals surface area contributed by atoms with Gasteiger partial charge in [0.25, 0.3) is 5.69 Å². The van der Waals surface area contributed by atoms with Crippen LogP contribution in [0.15, 0.2) is 18.2 Å². The second kappa shape index (κ2) is 7.02. The third-order valence-electron chi connectivity index (χ3n) is 3.71. The highest BCUT2D eigenvalue weighted by molar-refractivity contribution is 5.95. The first-order valence-electron chi connectivity index (χ1n) is 7.30. The maximum atomic E-state index is 12.1. The zero-order valence-electron chi connectivity index (χ0n) is 12.5. The van der Waals surface area contributed by atoms with Gasteiger partial charge in [0.2, 0.25) is 11.8 Å². The highest BCUT2D eigenvalue weighted by atomic mass is 16.6. The summed E-state index contributed by atoms with van der Waals surface area (Å²) in [5.74, 6) is -0.345. The monoisotopic (exact) mass is 305 g/mol. The van der Waals surface area contributed by atoms with E-state index in [1.54, 1.807) is 17.9 Å². The van der Waals surface area contributed by atoms with Gasteiger partial charge in [0.1, 0.15) is 0 Å². The molecule has 1 aromatic rings. The van der Waals surface area contributed by atoms with Crippen LogP contribution in [0.3, 0.4) is 0 Å². The van der Waals surface area contributed by atoms with Crippen molar-refractivity contribution in [1.82, 2.24) is 4.90 Å². The molecule has 0 aliphatic carbocycles. The van der Waals surface area contributed by atoms with Crippen molar-refractivity contribution in [2.75, 3.05) is 18.4 Å². The molecule has 0 atom stereocenters. The van der Waals surface area contributed by atoms with Crippen LogP contribution in [0, 0.1) is 17.0 Å². The number of nitro benzene ring substituents is 1. The first kappa shape index (κ1) is 15.9. The second-order valence-electron chi connectivity index (χ2n) is 5.43. The number of nitrogens with zero attached hydrogens (tertiary/aromatic N) is 2. The molecule has 2 amide bonds. The van der Waals surface area contributed by atoms with E-state index in [-0.39, 0.29) is 24.0 Å². The molecule has 0 spiro atoms. The highest BCUT2D eigenvalue weighted by Crippen LogP contribution is 2.22. The van der Waals surface area contributed by atoms with Crippen molar-refractivity contribution in [3.8, 4) is 0 Å². The van der Waals surface area contributed by atoms with E-state index in [1.165, 1.54) is 12.1 Å². The summed E-state index contributed by atoms with van der Waals surface area (Å²) in [6.45, 7) is 2.33. The zero-order valence-corrected chi connectivity index (χ0v) is 12.5. The van der Waals surface area contributed by atoms with E-state index in [4.69, 9.17) is 0 Å². The summed E-state index contributed by atoms with van der Waals surface area (Å²) in [6, 6.07) is 4.31. The van der Waals surface area contributed by atoms with Crippen LogP contribution in [0.2, 0.25) is 0 Å². The van der Waals surface area contributed by atoms with Crippen LogP contribution in [0.4, 0.5) is 11.4 Å². The number of nitro groups is 1. The Kier molecular flexibility index (Phi) is 5.08. The average Bonchev–Trinajstić information content (AvgIpc) is 2.66. The molecule has 22 heavy (non-hydrogen) atoms. The maximum Gasteiger partial charge on any atom is 0.271 e. The molecule has 1 aromatic carbocycles. The first-order chi connectivity index (χ1) is 10.5. The fourth-order valence-electron chi connectivity index (χ4n) is 2.43. The number of hydrogen-bond acceptors (Lipinski definition) is 4. The highest BCUT2D eigenvalue weighted by Gasteiger charge is 2.20. The summed E-state index contributed by atoms with van der Waals surface area (Å²) < 4.78 is 0. The van der Waals surface area contributed by atoms with Gasteiger partial charge in [-0.2, -0.15) is 0 Å². The Hall–Kier alpha value is -2.44. The van der Waals surface area contributed by atoms with Gasteiger partial charge in [-0.15, -0.1) is 0 Å². The smallest absolute Gasteiger partial charge is 0.271 e.